The van der Waals surface area contributed by atoms with Crippen molar-refractivity contribution < 1.29 is 24.2 Å². The first-order valence-electron chi connectivity index (χ1n) is 14.8. The molecule has 1 saturated heterocycles. The highest BCUT2D eigenvalue weighted by Gasteiger charge is 2.75. The Balaban J connectivity index is 1.48. The molecule has 6 rings (SSSR count). The Morgan fingerprint density at radius 2 is 2.00 bits per heavy atom. The lowest BCUT2D eigenvalue weighted by atomic mass is 9.48. The van der Waals surface area contributed by atoms with Crippen molar-refractivity contribution in [3.63, 3.8) is 0 Å². The number of esters is 1. The minimum absolute atomic E-state index is 0.0552. The van der Waals surface area contributed by atoms with Crippen molar-refractivity contribution in [2.45, 2.75) is 75.7 Å². The highest BCUT2D eigenvalue weighted by atomic mass is 16.6. The van der Waals surface area contributed by atoms with Gasteiger partial charge in [0, 0.05) is 38.2 Å². The highest BCUT2D eigenvalue weighted by Crippen LogP contribution is 2.67. The second kappa shape index (κ2) is 10.4. The number of phenolic OH excluding ortho intramolecular Hbond substituents is 1. The number of phenols is 1. The van der Waals surface area contributed by atoms with Gasteiger partial charge in [0.1, 0.15) is 11.7 Å². The first-order chi connectivity index (χ1) is 19.7. The summed E-state index contributed by atoms with van der Waals surface area (Å²) in [4.78, 5) is 31.1. The summed E-state index contributed by atoms with van der Waals surface area (Å²) >= 11 is 0. The van der Waals surface area contributed by atoms with E-state index in [-0.39, 0.29) is 35.6 Å². The molecule has 2 aromatic carbocycles. The topological polar surface area (TPSA) is 79.3 Å². The smallest absolute Gasteiger partial charge is 0.303 e. The van der Waals surface area contributed by atoms with Gasteiger partial charge < -0.3 is 19.5 Å². The van der Waals surface area contributed by atoms with Gasteiger partial charge in [-0.2, -0.15) is 0 Å². The molecule has 2 fully saturated rings. The van der Waals surface area contributed by atoms with Gasteiger partial charge in [0.2, 0.25) is 5.91 Å². The fourth-order valence-corrected chi connectivity index (χ4v) is 8.35. The van der Waals surface area contributed by atoms with E-state index in [9.17, 15) is 14.7 Å². The van der Waals surface area contributed by atoms with E-state index in [1.807, 2.05) is 53.5 Å². The van der Waals surface area contributed by atoms with Crippen LogP contribution in [-0.4, -0.2) is 70.2 Å². The SMILES string of the molecule is C=CCN1CC[C@]23c4c5ccc(O)c4OC2C(N(CC(C)C)C(=O)/C=C/c2ccccc2)CC[C@@]3(OC(C)=O)[C@H]1C5. The molecule has 5 atom stereocenters. The molecule has 4 aliphatic rings. The first-order valence-corrected chi connectivity index (χ1v) is 14.8. The molecule has 1 saturated carbocycles. The molecule has 1 N–H and O–H groups in total. The maximum Gasteiger partial charge on any atom is 0.303 e. The highest BCUT2D eigenvalue weighted by molar-refractivity contribution is 5.92. The van der Waals surface area contributed by atoms with E-state index < -0.39 is 17.1 Å². The van der Waals surface area contributed by atoms with Gasteiger partial charge in [0.15, 0.2) is 11.5 Å². The van der Waals surface area contributed by atoms with E-state index in [0.29, 0.717) is 44.5 Å². The predicted octanol–water partition coefficient (Wildman–Crippen LogP) is 4.87. The van der Waals surface area contributed by atoms with Crippen molar-refractivity contribution in [2.24, 2.45) is 5.92 Å². The molecule has 41 heavy (non-hydrogen) atoms. The molecule has 7 heteroatoms. The van der Waals surface area contributed by atoms with Crippen LogP contribution in [-0.2, 0) is 26.2 Å². The average Bonchev–Trinajstić information content (AvgIpc) is 3.29. The van der Waals surface area contributed by atoms with E-state index in [1.165, 1.54) is 6.92 Å². The summed E-state index contributed by atoms with van der Waals surface area (Å²) in [5, 5.41) is 11.1. The summed E-state index contributed by atoms with van der Waals surface area (Å²) in [5.74, 6) is 0.446. The van der Waals surface area contributed by atoms with Crippen LogP contribution in [0.4, 0.5) is 0 Å². The van der Waals surface area contributed by atoms with Crippen molar-refractivity contribution in [3.8, 4) is 11.5 Å². The monoisotopic (exact) mass is 556 g/mol. The van der Waals surface area contributed by atoms with Gasteiger partial charge in [0.25, 0.3) is 0 Å². The maximum absolute atomic E-state index is 13.9. The van der Waals surface area contributed by atoms with E-state index in [2.05, 4.69) is 25.3 Å². The zero-order chi connectivity index (χ0) is 28.9. The molecule has 0 radical (unpaired) electrons. The number of rotatable bonds is 8. The lowest BCUT2D eigenvalue weighted by Crippen LogP contribution is -2.79. The Hall–Kier alpha value is -3.58. The average molecular weight is 557 g/mol. The quantitative estimate of drug-likeness (QED) is 0.284. The van der Waals surface area contributed by atoms with Crippen molar-refractivity contribution in [2.75, 3.05) is 19.6 Å². The molecular weight excluding hydrogens is 516 g/mol. The number of benzene rings is 2. The van der Waals surface area contributed by atoms with Crippen molar-refractivity contribution in [3.05, 3.63) is 77.9 Å². The van der Waals surface area contributed by atoms with Crippen LogP contribution in [0.25, 0.3) is 6.08 Å². The van der Waals surface area contributed by atoms with Crippen LogP contribution in [0.1, 0.15) is 56.7 Å². The minimum Gasteiger partial charge on any atom is -0.504 e. The van der Waals surface area contributed by atoms with Crippen LogP contribution in [0.2, 0.25) is 0 Å². The summed E-state index contributed by atoms with van der Waals surface area (Å²) in [6.45, 7) is 11.8. The number of likely N-dealkylation sites (tertiary alicyclic amines) is 1. The van der Waals surface area contributed by atoms with E-state index in [1.54, 1.807) is 12.1 Å². The molecular formula is C34H40N2O5. The third-order valence-corrected chi connectivity index (χ3v) is 9.65. The van der Waals surface area contributed by atoms with E-state index in [0.717, 1.165) is 23.2 Å². The van der Waals surface area contributed by atoms with Crippen LogP contribution in [0.3, 0.4) is 0 Å². The minimum atomic E-state index is -0.834. The number of hydrogen-bond acceptors (Lipinski definition) is 6. The standard InChI is InChI=1S/C34H40N2O5/c1-5-18-35-19-17-33-30-25-12-13-27(38)31(30)40-32(33)26(15-16-34(33,28(35)20-25)41-23(4)37)36(21-22(2)3)29(39)14-11-24-9-7-6-8-10-24/h5-14,22,26,28,32,38H,1,15-21H2,2-4H3/b14-11+/t26?,28-,32?,33+,34-/m1/s1. The summed E-state index contributed by atoms with van der Waals surface area (Å²) in [6, 6.07) is 13.2. The van der Waals surface area contributed by atoms with Gasteiger partial charge in [-0.15, -0.1) is 6.58 Å². The number of hydrogen-bond donors (Lipinski definition) is 1. The Morgan fingerprint density at radius 1 is 1.22 bits per heavy atom. The van der Waals surface area contributed by atoms with E-state index >= 15 is 0 Å². The number of carbonyl (C=O) groups excluding carboxylic acids is 2. The van der Waals surface area contributed by atoms with Crippen LogP contribution < -0.4 is 4.74 Å². The van der Waals surface area contributed by atoms with Gasteiger partial charge in [-0.1, -0.05) is 56.3 Å². The molecule has 2 aliphatic carbocycles. The van der Waals surface area contributed by atoms with Gasteiger partial charge in [-0.25, -0.2) is 0 Å². The number of carbonyl (C=O) groups is 2. The summed E-state index contributed by atoms with van der Waals surface area (Å²) < 4.78 is 13.3. The van der Waals surface area contributed by atoms with Crippen LogP contribution in [0.15, 0.2) is 61.2 Å². The number of amides is 1. The van der Waals surface area contributed by atoms with Crippen LogP contribution in [0.5, 0.6) is 11.5 Å². The molecule has 2 aromatic rings. The van der Waals surface area contributed by atoms with E-state index in [4.69, 9.17) is 9.47 Å². The molecule has 2 heterocycles. The molecule has 1 spiro atoms. The second-order valence-electron chi connectivity index (χ2n) is 12.4. The fraction of sp³-hybridized carbons (Fsp3) is 0.471. The van der Waals surface area contributed by atoms with Crippen molar-refractivity contribution in [1.29, 1.82) is 0 Å². The molecule has 2 aliphatic heterocycles. The summed E-state index contributed by atoms with van der Waals surface area (Å²) in [5.41, 5.74) is 1.54. The molecule has 216 valence electrons. The Morgan fingerprint density at radius 3 is 2.71 bits per heavy atom. The summed E-state index contributed by atoms with van der Waals surface area (Å²) in [6.07, 6.45) is 7.59. The molecule has 2 unspecified atom stereocenters. The lowest BCUT2D eigenvalue weighted by Gasteiger charge is -2.65. The zero-order valence-electron chi connectivity index (χ0n) is 24.2. The number of aromatic hydroxyl groups is 1. The third-order valence-electron chi connectivity index (χ3n) is 9.65. The number of nitrogens with zero attached hydrogens (tertiary/aromatic N) is 2. The zero-order valence-corrected chi connectivity index (χ0v) is 24.2. The van der Waals surface area contributed by atoms with Crippen LogP contribution in [0, 0.1) is 5.92 Å². The Kier molecular flexibility index (Phi) is 6.97. The normalized spacial score (nSPS) is 29.6. The van der Waals surface area contributed by atoms with Crippen molar-refractivity contribution >= 4 is 18.0 Å². The van der Waals surface area contributed by atoms with Crippen molar-refractivity contribution in [1.82, 2.24) is 9.80 Å². The third kappa shape index (κ3) is 4.19. The lowest BCUT2D eigenvalue weighted by molar-refractivity contribution is -0.223. The molecule has 2 bridgehead atoms. The molecule has 7 nitrogen and oxygen atoms in total. The number of ether oxygens (including phenoxy) is 2. The van der Waals surface area contributed by atoms with Gasteiger partial charge in [-0.3, -0.25) is 14.5 Å². The Labute approximate surface area is 242 Å². The maximum atomic E-state index is 13.9. The second-order valence-corrected chi connectivity index (χ2v) is 12.4. The molecule has 1 amide bonds. The number of piperidine rings is 1. The van der Waals surface area contributed by atoms with Gasteiger partial charge in [-0.05, 0) is 54.9 Å². The first kappa shape index (κ1) is 27.6. The van der Waals surface area contributed by atoms with Crippen LogP contribution >= 0.6 is 0 Å². The van der Waals surface area contributed by atoms with Gasteiger partial charge in [0.05, 0.1) is 17.5 Å². The Bertz CT molecular complexity index is 1390. The van der Waals surface area contributed by atoms with Gasteiger partial charge >= 0.3 is 5.97 Å². The predicted molar refractivity (Wildman–Crippen MR) is 158 cm³/mol. The largest absolute Gasteiger partial charge is 0.504 e. The fourth-order valence-electron chi connectivity index (χ4n) is 8.35. The molecule has 0 aromatic heterocycles. The summed E-state index contributed by atoms with van der Waals surface area (Å²) in [7, 11) is 0.